The monoisotopic (exact) mass is 287 g/mol. The molecule has 21 heavy (non-hydrogen) atoms. The van der Waals surface area contributed by atoms with E-state index in [1.165, 1.54) is 0 Å². The largest absolute Gasteiger partial charge is 0.391 e. The average molecular weight is 287 g/mol. The van der Waals surface area contributed by atoms with E-state index in [-0.39, 0.29) is 12.0 Å². The predicted molar refractivity (Wildman–Crippen MR) is 86.9 cm³/mol. The highest BCUT2D eigenvalue weighted by Crippen LogP contribution is 2.29. The molecule has 0 bridgehead atoms. The summed E-state index contributed by atoms with van der Waals surface area (Å²) in [6.45, 7) is 9.45. The Morgan fingerprint density at radius 1 is 1.19 bits per heavy atom. The van der Waals surface area contributed by atoms with Crippen molar-refractivity contribution in [2.75, 3.05) is 18.5 Å². The molecule has 4 nitrogen and oxygen atoms in total. The minimum Gasteiger partial charge on any atom is -0.391 e. The van der Waals surface area contributed by atoms with Crippen LogP contribution in [0.25, 0.3) is 5.69 Å². The molecule has 0 saturated heterocycles. The zero-order chi connectivity index (χ0) is 15.6. The molecule has 1 aromatic carbocycles. The van der Waals surface area contributed by atoms with Crippen LogP contribution in [0.5, 0.6) is 0 Å². The zero-order valence-corrected chi connectivity index (χ0v) is 13.6. The Morgan fingerprint density at radius 3 is 2.33 bits per heavy atom. The molecule has 2 aromatic rings. The third-order valence-corrected chi connectivity index (χ3v) is 3.39. The molecule has 114 valence electrons. The van der Waals surface area contributed by atoms with Gasteiger partial charge in [0, 0.05) is 19.2 Å². The number of aliphatic hydroxyl groups is 1. The molecule has 2 rings (SSSR count). The highest BCUT2D eigenvalue weighted by Gasteiger charge is 2.22. The molecule has 1 aromatic heterocycles. The lowest BCUT2D eigenvalue weighted by Crippen LogP contribution is -2.31. The van der Waals surface area contributed by atoms with E-state index < -0.39 is 0 Å². The molecular formula is C17H25N3O. The van der Waals surface area contributed by atoms with Gasteiger partial charge < -0.3 is 10.0 Å². The van der Waals surface area contributed by atoms with Crippen LogP contribution in [0.15, 0.2) is 30.3 Å². The van der Waals surface area contributed by atoms with E-state index in [2.05, 4.69) is 37.8 Å². The fourth-order valence-electron chi connectivity index (χ4n) is 2.66. The molecule has 0 radical (unpaired) electrons. The van der Waals surface area contributed by atoms with Crippen LogP contribution in [-0.2, 0) is 6.61 Å². The number of aromatic nitrogens is 2. The fourth-order valence-corrected chi connectivity index (χ4v) is 2.66. The highest BCUT2D eigenvalue weighted by molar-refractivity contribution is 5.54. The van der Waals surface area contributed by atoms with E-state index >= 15 is 0 Å². The van der Waals surface area contributed by atoms with Crippen LogP contribution in [0.3, 0.4) is 0 Å². The van der Waals surface area contributed by atoms with Crippen molar-refractivity contribution in [3.63, 3.8) is 0 Å². The summed E-state index contributed by atoms with van der Waals surface area (Å²) in [7, 11) is 2.06. The Bertz CT molecular complexity index is 596. The van der Waals surface area contributed by atoms with Gasteiger partial charge in [0.2, 0.25) is 0 Å². The average Bonchev–Trinajstić information content (AvgIpc) is 2.74. The van der Waals surface area contributed by atoms with Crippen LogP contribution < -0.4 is 4.90 Å². The smallest absolute Gasteiger partial charge is 0.137 e. The first-order valence-electron chi connectivity index (χ1n) is 7.29. The highest BCUT2D eigenvalue weighted by atomic mass is 16.3. The van der Waals surface area contributed by atoms with Gasteiger partial charge in [0.15, 0.2) is 0 Å². The van der Waals surface area contributed by atoms with Gasteiger partial charge in [-0.3, -0.25) is 0 Å². The number of aryl methyl sites for hydroxylation is 1. The van der Waals surface area contributed by atoms with Gasteiger partial charge in [0.25, 0.3) is 0 Å². The first-order chi connectivity index (χ1) is 9.83. The molecule has 0 aliphatic heterocycles. The molecule has 0 unspecified atom stereocenters. The first kappa shape index (κ1) is 15.6. The second-order valence-electron chi connectivity index (χ2n) is 6.71. The van der Waals surface area contributed by atoms with E-state index in [0.717, 1.165) is 29.3 Å². The van der Waals surface area contributed by atoms with Crippen molar-refractivity contribution in [2.24, 2.45) is 5.41 Å². The summed E-state index contributed by atoms with van der Waals surface area (Å²) in [6.07, 6.45) is 0. The molecule has 0 aliphatic carbocycles. The molecule has 0 fully saturated rings. The second kappa shape index (κ2) is 5.90. The van der Waals surface area contributed by atoms with Gasteiger partial charge in [-0.05, 0) is 24.5 Å². The summed E-state index contributed by atoms with van der Waals surface area (Å²) < 4.78 is 1.92. The third kappa shape index (κ3) is 3.45. The minimum absolute atomic E-state index is 0.00246. The number of benzene rings is 1. The van der Waals surface area contributed by atoms with Crippen LogP contribution >= 0.6 is 0 Å². The number of rotatable bonds is 4. The van der Waals surface area contributed by atoms with Crippen molar-refractivity contribution in [1.82, 2.24) is 9.78 Å². The van der Waals surface area contributed by atoms with Gasteiger partial charge in [-0.15, -0.1) is 0 Å². The molecule has 4 heteroatoms. The number of hydrogen-bond acceptors (Lipinski definition) is 3. The van der Waals surface area contributed by atoms with Gasteiger partial charge in [-0.1, -0.05) is 39.0 Å². The fraction of sp³-hybridized carbons (Fsp3) is 0.471. The van der Waals surface area contributed by atoms with Gasteiger partial charge in [-0.25, -0.2) is 4.68 Å². The Hall–Kier alpha value is -1.81. The number of aliphatic hydroxyl groups excluding tert-OH is 1. The number of nitrogens with zero attached hydrogens (tertiary/aromatic N) is 3. The number of hydrogen-bond donors (Lipinski definition) is 1. The molecule has 0 amide bonds. The lowest BCUT2D eigenvalue weighted by atomic mass is 9.96. The Morgan fingerprint density at radius 2 is 1.81 bits per heavy atom. The summed E-state index contributed by atoms with van der Waals surface area (Å²) in [5.41, 5.74) is 2.94. The van der Waals surface area contributed by atoms with Crippen LogP contribution in [0.1, 0.15) is 32.0 Å². The van der Waals surface area contributed by atoms with Gasteiger partial charge in [-0.2, -0.15) is 5.10 Å². The Balaban J connectivity index is 2.52. The Labute approximate surface area is 127 Å². The van der Waals surface area contributed by atoms with Crippen LogP contribution in [0, 0.1) is 12.3 Å². The molecule has 0 spiro atoms. The van der Waals surface area contributed by atoms with Crippen LogP contribution in [-0.4, -0.2) is 28.5 Å². The zero-order valence-electron chi connectivity index (χ0n) is 13.6. The molecule has 1 N–H and O–H groups in total. The van der Waals surface area contributed by atoms with Crippen molar-refractivity contribution in [3.8, 4) is 5.69 Å². The molecule has 0 aliphatic rings. The lowest BCUT2D eigenvalue weighted by Gasteiger charge is -2.29. The lowest BCUT2D eigenvalue weighted by molar-refractivity contribution is 0.281. The maximum Gasteiger partial charge on any atom is 0.137 e. The van der Waals surface area contributed by atoms with E-state index in [1.807, 2.05) is 41.9 Å². The third-order valence-electron chi connectivity index (χ3n) is 3.39. The van der Waals surface area contributed by atoms with E-state index in [1.54, 1.807) is 0 Å². The summed E-state index contributed by atoms with van der Waals surface area (Å²) in [5, 5.41) is 14.3. The summed E-state index contributed by atoms with van der Waals surface area (Å²) in [6, 6.07) is 10.0. The second-order valence-corrected chi connectivity index (χ2v) is 6.71. The standard InChI is InChI=1S/C17H25N3O/c1-13-15(11-21)16(19(5)12-17(2,3)4)20(18-13)14-9-7-6-8-10-14/h6-10,21H,11-12H2,1-5H3. The van der Waals surface area contributed by atoms with Crippen molar-refractivity contribution in [1.29, 1.82) is 0 Å². The minimum atomic E-state index is 0.00246. The molecular weight excluding hydrogens is 262 g/mol. The summed E-state index contributed by atoms with van der Waals surface area (Å²) in [5.74, 6) is 0.969. The quantitative estimate of drug-likeness (QED) is 0.939. The molecule has 0 saturated carbocycles. The maximum absolute atomic E-state index is 9.73. The van der Waals surface area contributed by atoms with Crippen molar-refractivity contribution in [3.05, 3.63) is 41.6 Å². The summed E-state index contributed by atoms with van der Waals surface area (Å²) in [4.78, 5) is 2.18. The van der Waals surface area contributed by atoms with Crippen molar-refractivity contribution >= 4 is 5.82 Å². The van der Waals surface area contributed by atoms with E-state index in [0.29, 0.717) is 0 Å². The maximum atomic E-state index is 9.73. The summed E-state index contributed by atoms with van der Waals surface area (Å²) >= 11 is 0. The topological polar surface area (TPSA) is 41.3 Å². The predicted octanol–water partition coefficient (Wildman–Crippen LogP) is 3.16. The van der Waals surface area contributed by atoms with E-state index in [9.17, 15) is 5.11 Å². The van der Waals surface area contributed by atoms with E-state index in [4.69, 9.17) is 0 Å². The van der Waals surface area contributed by atoms with Crippen LogP contribution in [0.2, 0.25) is 0 Å². The van der Waals surface area contributed by atoms with Crippen molar-refractivity contribution in [2.45, 2.75) is 34.3 Å². The first-order valence-corrected chi connectivity index (χ1v) is 7.29. The number of anilines is 1. The molecule has 0 atom stereocenters. The Kier molecular flexibility index (Phi) is 4.37. The number of para-hydroxylation sites is 1. The van der Waals surface area contributed by atoms with Gasteiger partial charge >= 0.3 is 0 Å². The molecule has 1 heterocycles. The van der Waals surface area contributed by atoms with Crippen LogP contribution in [0.4, 0.5) is 5.82 Å². The van der Waals surface area contributed by atoms with Gasteiger partial charge in [0.05, 0.1) is 18.0 Å². The SMILES string of the molecule is Cc1nn(-c2ccccc2)c(N(C)CC(C)(C)C)c1CO. The van der Waals surface area contributed by atoms with Crippen molar-refractivity contribution < 1.29 is 5.11 Å². The normalized spacial score (nSPS) is 11.7. The van der Waals surface area contributed by atoms with Gasteiger partial charge in [0.1, 0.15) is 5.82 Å².